The Balaban J connectivity index is 2.60. The Hall–Kier alpha value is -2.00. The maximum atomic E-state index is 9.21. The number of rotatable bonds is 3. The van der Waals surface area contributed by atoms with Crippen molar-refractivity contribution in [3.8, 4) is 16.9 Å². The van der Waals surface area contributed by atoms with Crippen LogP contribution in [0, 0.1) is 0 Å². The number of benzene rings is 2. The first-order valence-corrected chi connectivity index (χ1v) is 5.39. The van der Waals surface area contributed by atoms with Gasteiger partial charge in [-0.15, -0.1) is 0 Å². The van der Waals surface area contributed by atoms with E-state index >= 15 is 0 Å². The third-order valence-corrected chi connectivity index (χ3v) is 2.76. The van der Waals surface area contributed by atoms with Gasteiger partial charge in [-0.05, 0) is 6.07 Å². The Labute approximate surface area is 100 Å². The van der Waals surface area contributed by atoms with Crippen LogP contribution in [0.5, 0.6) is 5.75 Å². The van der Waals surface area contributed by atoms with Gasteiger partial charge in [0.05, 0.1) is 13.7 Å². The highest BCUT2D eigenvalue weighted by molar-refractivity contribution is 5.82. The van der Waals surface area contributed by atoms with Crippen molar-refractivity contribution in [2.24, 2.45) is 0 Å². The summed E-state index contributed by atoms with van der Waals surface area (Å²) in [6.45, 7) is -0.0607. The molecule has 0 amide bonds. The lowest BCUT2D eigenvalue weighted by molar-refractivity contribution is 0.282. The van der Waals surface area contributed by atoms with Crippen LogP contribution in [0.1, 0.15) is 5.56 Å². The van der Waals surface area contributed by atoms with E-state index in [1.807, 2.05) is 42.5 Å². The molecule has 2 aromatic rings. The number of ether oxygens (including phenoxy) is 1. The zero-order valence-corrected chi connectivity index (χ0v) is 9.68. The Morgan fingerprint density at radius 2 is 1.76 bits per heavy atom. The van der Waals surface area contributed by atoms with Gasteiger partial charge in [0, 0.05) is 22.4 Å². The molecule has 3 heteroatoms. The standard InChI is InChI=1S/C14H15NO2/c1-17-13-8-3-2-6-11(13)12-7-4-5-10(9-16)14(12)15/h2-8,16H,9,15H2,1H3. The number of hydrogen-bond acceptors (Lipinski definition) is 3. The minimum Gasteiger partial charge on any atom is -0.496 e. The van der Waals surface area contributed by atoms with Crippen LogP contribution in [0.3, 0.4) is 0 Å². The molecule has 0 unspecified atom stereocenters. The fourth-order valence-corrected chi connectivity index (χ4v) is 1.85. The Kier molecular flexibility index (Phi) is 3.30. The lowest BCUT2D eigenvalue weighted by Gasteiger charge is -2.12. The molecule has 3 nitrogen and oxygen atoms in total. The van der Waals surface area contributed by atoms with Crippen LogP contribution in [0.2, 0.25) is 0 Å². The van der Waals surface area contributed by atoms with Crippen molar-refractivity contribution in [2.45, 2.75) is 6.61 Å². The predicted octanol–water partition coefficient (Wildman–Crippen LogP) is 2.44. The Morgan fingerprint density at radius 1 is 1.06 bits per heavy atom. The van der Waals surface area contributed by atoms with Gasteiger partial charge in [0.25, 0.3) is 0 Å². The molecule has 0 radical (unpaired) electrons. The van der Waals surface area contributed by atoms with E-state index in [0.29, 0.717) is 5.69 Å². The van der Waals surface area contributed by atoms with Crippen molar-refractivity contribution in [2.75, 3.05) is 12.8 Å². The summed E-state index contributed by atoms with van der Waals surface area (Å²) in [6.07, 6.45) is 0. The molecule has 2 rings (SSSR count). The van der Waals surface area contributed by atoms with Gasteiger partial charge in [-0.2, -0.15) is 0 Å². The van der Waals surface area contributed by atoms with Crippen LogP contribution in [0.4, 0.5) is 5.69 Å². The van der Waals surface area contributed by atoms with E-state index in [1.165, 1.54) is 0 Å². The molecule has 0 fully saturated rings. The molecule has 0 saturated heterocycles. The number of anilines is 1. The lowest BCUT2D eigenvalue weighted by atomic mass is 10.00. The van der Waals surface area contributed by atoms with Crippen LogP contribution in [-0.4, -0.2) is 12.2 Å². The molecule has 0 aliphatic carbocycles. The maximum Gasteiger partial charge on any atom is 0.126 e. The van der Waals surface area contributed by atoms with Crippen molar-refractivity contribution in [3.05, 3.63) is 48.0 Å². The number of para-hydroxylation sites is 2. The van der Waals surface area contributed by atoms with E-state index in [2.05, 4.69) is 0 Å². The Morgan fingerprint density at radius 3 is 2.47 bits per heavy atom. The average molecular weight is 229 g/mol. The van der Waals surface area contributed by atoms with E-state index in [4.69, 9.17) is 10.5 Å². The smallest absolute Gasteiger partial charge is 0.126 e. The summed E-state index contributed by atoms with van der Waals surface area (Å²) in [5.41, 5.74) is 9.18. The average Bonchev–Trinajstić information content (AvgIpc) is 2.39. The lowest BCUT2D eigenvalue weighted by Crippen LogP contribution is -1.98. The summed E-state index contributed by atoms with van der Waals surface area (Å²) in [5, 5.41) is 9.21. The topological polar surface area (TPSA) is 55.5 Å². The normalized spacial score (nSPS) is 10.2. The van der Waals surface area contributed by atoms with E-state index in [9.17, 15) is 5.11 Å². The van der Waals surface area contributed by atoms with Gasteiger partial charge in [0.1, 0.15) is 5.75 Å². The molecule has 0 spiro atoms. The molecule has 0 saturated carbocycles. The molecule has 88 valence electrons. The fourth-order valence-electron chi connectivity index (χ4n) is 1.85. The van der Waals surface area contributed by atoms with Crippen LogP contribution in [0.15, 0.2) is 42.5 Å². The van der Waals surface area contributed by atoms with E-state index < -0.39 is 0 Å². The SMILES string of the molecule is COc1ccccc1-c1cccc(CO)c1N. The van der Waals surface area contributed by atoms with Crippen LogP contribution in [-0.2, 0) is 6.61 Å². The number of nitrogens with two attached hydrogens (primary N) is 1. The quantitative estimate of drug-likeness (QED) is 0.795. The van der Waals surface area contributed by atoms with Gasteiger partial charge in [-0.25, -0.2) is 0 Å². The van der Waals surface area contributed by atoms with Gasteiger partial charge in [0.15, 0.2) is 0 Å². The summed E-state index contributed by atoms with van der Waals surface area (Å²) in [7, 11) is 1.63. The second-order valence-electron chi connectivity index (χ2n) is 3.74. The number of aliphatic hydroxyl groups is 1. The van der Waals surface area contributed by atoms with Crippen molar-refractivity contribution >= 4 is 5.69 Å². The zero-order chi connectivity index (χ0) is 12.3. The highest BCUT2D eigenvalue weighted by Gasteiger charge is 2.10. The third kappa shape index (κ3) is 2.10. The summed E-state index contributed by atoms with van der Waals surface area (Å²) in [5.74, 6) is 0.772. The maximum absolute atomic E-state index is 9.21. The second-order valence-corrected chi connectivity index (χ2v) is 3.74. The third-order valence-electron chi connectivity index (χ3n) is 2.76. The molecular formula is C14H15NO2. The van der Waals surface area contributed by atoms with Crippen LogP contribution >= 0.6 is 0 Å². The molecule has 0 aliphatic rings. The number of hydrogen-bond donors (Lipinski definition) is 2. The molecule has 3 N–H and O–H groups in total. The molecule has 0 aliphatic heterocycles. The first kappa shape index (κ1) is 11.5. The molecule has 17 heavy (non-hydrogen) atoms. The van der Waals surface area contributed by atoms with Gasteiger partial charge in [0.2, 0.25) is 0 Å². The van der Waals surface area contributed by atoms with Gasteiger partial charge < -0.3 is 15.6 Å². The second kappa shape index (κ2) is 4.89. The van der Waals surface area contributed by atoms with Crippen LogP contribution < -0.4 is 10.5 Å². The van der Waals surface area contributed by atoms with Crippen molar-refractivity contribution in [1.29, 1.82) is 0 Å². The van der Waals surface area contributed by atoms with E-state index in [-0.39, 0.29) is 6.61 Å². The number of methoxy groups -OCH3 is 1. The highest BCUT2D eigenvalue weighted by atomic mass is 16.5. The van der Waals surface area contributed by atoms with Crippen molar-refractivity contribution in [3.63, 3.8) is 0 Å². The molecule has 2 aromatic carbocycles. The number of nitrogen functional groups attached to an aromatic ring is 1. The molecule has 0 bridgehead atoms. The first-order valence-electron chi connectivity index (χ1n) is 5.39. The minimum atomic E-state index is -0.0607. The van der Waals surface area contributed by atoms with E-state index in [1.54, 1.807) is 7.11 Å². The summed E-state index contributed by atoms with van der Waals surface area (Å²) in [6, 6.07) is 13.3. The monoisotopic (exact) mass is 229 g/mol. The summed E-state index contributed by atoms with van der Waals surface area (Å²) < 4.78 is 5.31. The fraction of sp³-hybridized carbons (Fsp3) is 0.143. The highest BCUT2D eigenvalue weighted by Crippen LogP contribution is 2.34. The first-order chi connectivity index (χ1) is 8.27. The van der Waals surface area contributed by atoms with Gasteiger partial charge in [-0.1, -0.05) is 36.4 Å². The van der Waals surface area contributed by atoms with Gasteiger partial charge in [-0.3, -0.25) is 0 Å². The van der Waals surface area contributed by atoms with Crippen LogP contribution in [0.25, 0.3) is 11.1 Å². The molecule has 0 atom stereocenters. The van der Waals surface area contributed by atoms with Gasteiger partial charge >= 0.3 is 0 Å². The zero-order valence-electron chi connectivity index (χ0n) is 9.68. The summed E-state index contributed by atoms with van der Waals surface area (Å²) >= 11 is 0. The van der Waals surface area contributed by atoms with E-state index in [0.717, 1.165) is 22.4 Å². The summed E-state index contributed by atoms with van der Waals surface area (Å²) in [4.78, 5) is 0. The molecule has 0 aromatic heterocycles. The molecular weight excluding hydrogens is 214 g/mol. The van der Waals surface area contributed by atoms with Crippen molar-refractivity contribution in [1.82, 2.24) is 0 Å². The van der Waals surface area contributed by atoms with Crippen molar-refractivity contribution < 1.29 is 9.84 Å². The predicted molar refractivity (Wildman–Crippen MR) is 68.8 cm³/mol. The Bertz CT molecular complexity index is 523. The number of aliphatic hydroxyl groups excluding tert-OH is 1. The minimum absolute atomic E-state index is 0.0607. The molecule has 0 heterocycles. The largest absolute Gasteiger partial charge is 0.496 e.